The molecule has 0 bridgehead atoms. The van der Waals surface area contributed by atoms with Crippen LogP contribution in [0.4, 0.5) is 5.69 Å². The van der Waals surface area contributed by atoms with E-state index in [4.69, 9.17) is 9.15 Å². The van der Waals surface area contributed by atoms with Gasteiger partial charge in [-0.2, -0.15) is 0 Å². The maximum atomic E-state index is 12.8. The molecular weight excluding hydrogens is 376 g/mol. The van der Waals surface area contributed by atoms with Crippen molar-refractivity contribution in [3.8, 4) is 17.1 Å². The SMILES string of the molecule is CN1CCN(c2ccc(-c3cc(=O)c4ccc5c(c4o3)C=CC(C)(C)O5)cc2)CC1. The summed E-state index contributed by atoms with van der Waals surface area (Å²) in [7, 11) is 2.15. The number of hydrogen-bond donors (Lipinski definition) is 0. The third kappa shape index (κ3) is 3.39. The Morgan fingerprint density at radius 2 is 1.70 bits per heavy atom. The van der Waals surface area contributed by atoms with Gasteiger partial charge in [-0.05, 0) is 69.4 Å². The number of fused-ring (bicyclic) bond motifs is 3. The Bertz CT molecular complexity index is 1180. The average Bonchev–Trinajstić information content (AvgIpc) is 2.73. The van der Waals surface area contributed by atoms with Crippen molar-refractivity contribution in [1.82, 2.24) is 4.90 Å². The summed E-state index contributed by atoms with van der Waals surface area (Å²) in [5.74, 6) is 1.31. The van der Waals surface area contributed by atoms with Crippen molar-refractivity contribution in [1.29, 1.82) is 0 Å². The summed E-state index contributed by atoms with van der Waals surface area (Å²) >= 11 is 0. The maximum Gasteiger partial charge on any atom is 0.193 e. The van der Waals surface area contributed by atoms with Gasteiger partial charge in [0.05, 0.1) is 10.9 Å². The van der Waals surface area contributed by atoms with Crippen LogP contribution in [-0.4, -0.2) is 43.7 Å². The van der Waals surface area contributed by atoms with Gasteiger partial charge >= 0.3 is 0 Å². The summed E-state index contributed by atoms with van der Waals surface area (Å²) in [6, 6.07) is 13.5. The monoisotopic (exact) mass is 402 g/mol. The molecule has 30 heavy (non-hydrogen) atoms. The van der Waals surface area contributed by atoms with E-state index in [1.54, 1.807) is 12.1 Å². The third-order valence-corrected chi connectivity index (χ3v) is 5.94. The molecule has 3 heterocycles. The number of nitrogens with zero attached hydrogens (tertiary/aromatic N) is 2. The standard InChI is InChI=1S/C25H26N2O3/c1-25(2)11-10-20-22(30-25)9-8-19-21(28)16-23(29-24(19)20)17-4-6-18(7-5-17)27-14-12-26(3)13-15-27/h4-11,16H,12-15H2,1-3H3. The normalized spacial score (nSPS) is 18.3. The van der Waals surface area contributed by atoms with E-state index in [0.717, 1.165) is 43.1 Å². The second-order valence-electron chi connectivity index (χ2n) is 8.71. The van der Waals surface area contributed by atoms with Crippen LogP contribution in [0.2, 0.25) is 0 Å². The minimum Gasteiger partial charge on any atom is -0.483 e. The zero-order valence-corrected chi connectivity index (χ0v) is 17.6. The summed E-state index contributed by atoms with van der Waals surface area (Å²) in [6.07, 6.45) is 3.98. The van der Waals surface area contributed by atoms with Gasteiger partial charge in [-0.15, -0.1) is 0 Å². The van der Waals surface area contributed by atoms with E-state index in [1.807, 2.05) is 44.2 Å². The van der Waals surface area contributed by atoms with Crippen LogP contribution in [0.25, 0.3) is 28.4 Å². The summed E-state index contributed by atoms with van der Waals surface area (Å²) in [5.41, 5.74) is 3.06. The van der Waals surface area contributed by atoms with E-state index in [1.165, 1.54) is 5.69 Å². The highest BCUT2D eigenvalue weighted by molar-refractivity contribution is 5.90. The molecule has 0 amide bonds. The van der Waals surface area contributed by atoms with Gasteiger partial charge in [0.1, 0.15) is 22.7 Å². The number of likely N-dealkylation sites (N-methyl/N-ethyl adjacent to an activating group) is 1. The molecule has 5 heteroatoms. The Morgan fingerprint density at radius 3 is 2.43 bits per heavy atom. The lowest BCUT2D eigenvalue weighted by Gasteiger charge is -2.34. The molecule has 0 aliphatic carbocycles. The van der Waals surface area contributed by atoms with Crippen molar-refractivity contribution in [2.75, 3.05) is 38.1 Å². The van der Waals surface area contributed by atoms with E-state index >= 15 is 0 Å². The molecule has 0 spiro atoms. The molecule has 3 aromatic rings. The van der Waals surface area contributed by atoms with Gasteiger partial charge in [-0.1, -0.05) is 0 Å². The highest BCUT2D eigenvalue weighted by Gasteiger charge is 2.24. The van der Waals surface area contributed by atoms with Crippen LogP contribution in [0.15, 0.2) is 57.8 Å². The second kappa shape index (κ2) is 7.03. The quantitative estimate of drug-likeness (QED) is 0.636. The molecular formula is C25H26N2O3. The minimum atomic E-state index is -0.377. The number of piperazine rings is 1. The molecule has 2 aliphatic rings. The molecule has 5 rings (SSSR count). The van der Waals surface area contributed by atoms with Gasteiger partial charge < -0.3 is 19.0 Å². The highest BCUT2D eigenvalue weighted by Crippen LogP contribution is 2.36. The number of anilines is 1. The molecule has 1 fully saturated rings. The Morgan fingerprint density at radius 1 is 0.967 bits per heavy atom. The molecule has 1 saturated heterocycles. The van der Waals surface area contributed by atoms with Crippen LogP contribution in [0, 0.1) is 0 Å². The summed E-state index contributed by atoms with van der Waals surface area (Å²) in [4.78, 5) is 17.5. The van der Waals surface area contributed by atoms with Gasteiger partial charge in [-0.25, -0.2) is 0 Å². The number of hydrogen-bond acceptors (Lipinski definition) is 5. The fourth-order valence-electron chi connectivity index (χ4n) is 4.11. The lowest BCUT2D eigenvalue weighted by molar-refractivity contribution is 0.159. The lowest BCUT2D eigenvalue weighted by Crippen LogP contribution is -2.44. The van der Waals surface area contributed by atoms with Crippen molar-refractivity contribution in [2.45, 2.75) is 19.4 Å². The fourth-order valence-corrected chi connectivity index (χ4v) is 4.11. The molecule has 0 saturated carbocycles. The summed E-state index contributed by atoms with van der Waals surface area (Å²) in [6.45, 7) is 8.19. The van der Waals surface area contributed by atoms with Crippen LogP contribution in [0.3, 0.4) is 0 Å². The Balaban J connectivity index is 1.53. The average molecular weight is 402 g/mol. The molecule has 5 nitrogen and oxygen atoms in total. The lowest BCUT2D eigenvalue weighted by atomic mass is 10.00. The van der Waals surface area contributed by atoms with Gasteiger partial charge in [0, 0.05) is 43.5 Å². The van der Waals surface area contributed by atoms with Gasteiger partial charge in [-0.3, -0.25) is 4.79 Å². The van der Waals surface area contributed by atoms with Crippen LogP contribution >= 0.6 is 0 Å². The van der Waals surface area contributed by atoms with Crippen LogP contribution < -0.4 is 15.1 Å². The van der Waals surface area contributed by atoms with Crippen LogP contribution in [-0.2, 0) is 0 Å². The van der Waals surface area contributed by atoms with Crippen LogP contribution in [0.1, 0.15) is 19.4 Å². The van der Waals surface area contributed by atoms with Crippen molar-refractivity contribution < 1.29 is 9.15 Å². The van der Waals surface area contributed by atoms with Gasteiger partial charge in [0.15, 0.2) is 5.43 Å². The minimum absolute atomic E-state index is 0.0459. The maximum absolute atomic E-state index is 12.8. The molecule has 0 unspecified atom stereocenters. The molecule has 2 aliphatic heterocycles. The second-order valence-corrected chi connectivity index (χ2v) is 8.71. The van der Waals surface area contributed by atoms with E-state index in [9.17, 15) is 4.79 Å². The number of rotatable bonds is 2. The Labute approximate surface area is 176 Å². The van der Waals surface area contributed by atoms with E-state index < -0.39 is 0 Å². The van der Waals surface area contributed by atoms with E-state index in [-0.39, 0.29) is 11.0 Å². The molecule has 1 aromatic heterocycles. The van der Waals surface area contributed by atoms with Gasteiger partial charge in [0.2, 0.25) is 0 Å². The first-order valence-electron chi connectivity index (χ1n) is 10.4. The smallest absolute Gasteiger partial charge is 0.193 e. The third-order valence-electron chi connectivity index (χ3n) is 5.94. The molecule has 154 valence electrons. The van der Waals surface area contributed by atoms with Crippen molar-refractivity contribution in [3.63, 3.8) is 0 Å². The largest absolute Gasteiger partial charge is 0.483 e. The first-order valence-corrected chi connectivity index (χ1v) is 10.4. The molecule has 0 N–H and O–H groups in total. The van der Waals surface area contributed by atoms with E-state index in [0.29, 0.717) is 16.7 Å². The predicted octanol–water partition coefficient (Wildman–Crippen LogP) is 4.40. The van der Waals surface area contributed by atoms with Crippen molar-refractivity contribution in [3.05, 3.63) is 64.3 Å². The topological polar surface area (TPSA) is 45.9 Å². The summed E-state index contributed by atoms with van der Waals surface area (Å²) < 4.78 is 12.3. The fraction of sp³-hybridized carbons (Fsp3) is 0.320. The van der Waals surface area contributed by atoms with Crippen LogP contribution in [0.5, 0.6) is 5.75 Å². The molecule has 0 radical (unpaired) electrons. The molecule has 2 aromatic carbocycles. The van der Waals surface area contributed by atoms with Crippen molar-refractivity contribution in [2.24, 2.45) is 0 Å². The Hall–Kier alpha value is -3.05. The first-order chi connectivity index (χ1) is 14.4. The molecule has 0 atom stereocenters. The zero-order valence-electron chi connectivity index (χ0n) is 17.6. The number of benzene rings is 2. The summed E-state index contributed by atoms with van der Waals surface area (Å²) in [5, 5.41) is 0.569. The van der Waals surface area contributed by atoms with Gasteiger partial charge in [0.25, 0.3) is 0 Å². The first kappa shape index (κ1) is 18.9. The number of ether oxygens (including phenoxy) is 1. The van der Waals surface area contributed by atoms with Crippen molar-refractivity contribution >= 4 is 22.7 Å². The Kier molecular flexibility index (Phi) is 4.44. The zero-order chi connectivity index (χ0) is 20.9. The predicted molar refractivity (Wildman–Crippen MR) is 121 cm³/mol. The van der Waals surface area contributed by atoms with E-state index in [2.05, 4.69) is 29.0 Å². The highest BCUT2D eigenvalue weighted by atomic mass is 16.5.